The van der Waals surface area contributed by atoms with Crippen molar-refractivity contribution in [2.24, 2.45) is 0 Å². The molecule has 0 fully saturated rings. The van der Waals surface area contributed by atoms with E-state index in [2.05, 4.69) is 4.98 Å². The Morgan fingerprint density at radius 1 is 1.67 bits per heavy atom. The van der Waals surface area contributed by atoms with Crippen LogP contribution in [0.25, 0.3) is 0 Å². The predicted molar refractivity (Wildman–Crippen MR) is 57.9 cm³/mol. The van der Waals surface area contributed by atoms with Crippen molar-refractivity contribution in [3.63, 3.8) is 0 Å². The maximum Gasteiger partial charge on any atom is 0.257 e. The number of likely N-dealkylation sites (N-methyl/N-ethyl adjacent to an activating group) is 1. The van der Waals surface area contributed by atoms with Crippen LogP contribution in [0.4, 0.5) is 0 Å². The number of hydrogen-bond acceptors (Lipinski definition) is 3. The van der Waals surface area contributed by atoms with E-state index in [9.17, 15) is 4.79 Å². The Hall–Kier alpha value is -1.13. The number of nitrogens with zero attached hydrogens (tertiary/aromatic N) is 2. The van der Waals surface area contributed by atoms with Crippen LogP contribution in [0.15, 0.2) is 18.5 Å². The smallest absolute Gasteiger partial charge is 0.257 e. The molecule has 0 aliphatic carbocycles. The number of pyridine rings is 1. The second-order valence-corrected chi connectivity index (χ2v) is 3.37. The summed E-state index contributed by atoms with van der Waals surface area (Å²) in [6, 6.07) is 1.57. The van der Waals surface area contributed by atoms with Crippen LogP contribution in [-0.4, -0.2) is 40.6 Å². The summed E-state index contributed by atoms with van der Waals surface area (Å²) in [6.07, 6.45) is 2.96. The topological polar surface area (TPSA) is 53.4 Å². The van der Waals surface area contributed by atoms with Gasteiger partial charge in [-0.25, -0.2) is 0 Å². The monoisotopic (exact) mass is 228 g/mol. The van der Waals surface area contributed by atoms with E-state index in [1.165, 1.54) is 17.3 Å². The van der Waals surface area contributed by atoms with Gasteiger partial charge in [0.2, 0.25) is 0 Å². The van der Waals surface area contributed by atoms with Gasteiger partial charge in [-0.1, -0.05) is 11.6 Å². The van der Waals surface area contributed by atoms with E-state index in [1.54, 1.807) is 6.07 Å². The second kappa shape index (κ2) is 5.68. The molecule has 1 N–H and O–H groups in total. The van der Waals surface area contributed by atoms with Crippen molar-refractivity contribution in [2.45, 2.75) is 6.92 Å². The van der Waals surface area contributed by atoms with Crippen LogP contribution in [0.1, 0.15) is 17.3 Å². The zero-order valence-corrected chi connectivity index (χ0v) is 9.24. The highest BCUT2D eigenvalue weighted by atomic mass is 35.5. The largest absolute Gasteiger partial charge is 0.395 e. The summed E-state index contributed by atoms with van der Waals surface area (Å²) in [5.74, 6) is -0.204. The lowest BCUT2D eigenvalue weighted by Gasteiger charge is -2.19. The number of carbonyl (C=O) groups is 1. The van der Waals surface area contributed by atoms with E-state index in [0.717, 1.165) is 0 Å². The van der Waals surface area contributed by atoms with Crippen LogP contribution in [0, 0.1) is 0 Å². The first-order valence-corrected chi connectivity index (χ1v) is 5.08. The van der Waals surface area contributed by atoms with Crippen molar-refractivity contribution in [3.05, 3.63) is 29.0 Å². The highest BCUT2D eigenvalue weighted by molar-refractivity contribution is 6.33. The van der Waals surface area contributed by atoms with Crippen molar-refractivity contribution in [1.82, 2.24) is 9.88 Å². The SMILES string of the molecule is CCN(CCO)C(=O)c1cnccc1Cl. The summed E-state index contributed by atoms with van der Waals surface area (Å²) in [5.41, 5.74) is 0.370. The van der Waals surface area contributed by atoms with Gasteiger partial charge in [-0.15, -0.1) is 0 Å². The molecule has 0 saturated heterocycles. The quantitative estimate of drug-likeness (QED) is 0.842. The van der Waals surface area contributed by atoms with Crippen LogP contribution in [0.3, 0.4) is 0 Å². The number of carbonyl (C=O) groups excluding carboxylic acids is 1. The molecule has 5 heteroatoms. The van der Waals surface area contributed by atoms with Crippen molar-refractivity contribution < 1.29 is 9.90 Å². The van der Waals surface area contributed by atoms with Gasteiger partial charge in [-0.05, 0) is 13.0 Å². The highest BCUT2D eigenvalue weighted by Gasteiger charge is 2.16. The van der Waals surface area contributed by atoms with E-state index >= 15 is 0 Å². The molecule has 0 aliphatic heterocycles. The molecule has 0 unspecified atom stereocenters. The molecular weight excluding hydrogens is 216 g/mol. The van der Waals surface area contributed by atoms with Gasteiger partial charge in [0, 0.05) is 25.5 Å². The fraction of sp³-hybridized carbons (Fsp3) is 0.400. The summed E-state index contributed by atoms with van der Waals surface area (Å²) >= 11 is 5.87. The number of rotatable bonds is 4. The molecule has 4 nitrogen and oxygen atoms in total. The second-order valence-electron chi connectivity index (χ2n) is 2.96. The Bertz CT molecular complexity index is 344. The van der Waals surface area contributed by atoms with E-state index in [4.69, 9.17) is 16.7 Å². The number of amides is 1. The molecule has 82 valence electrons. The third-order valence-electron chi connectivity index (χ3n) is 2.04. The first kappa shape index (κ1) is 11.9. The summed E-state index contributed by atoms with van der Waals surface area (Å²) in [7, 11) is 0. The third-order valence-corrected chi connectivity index (χ3v) is 2.37. The fourth-order valence-corrected chi connectivity index (χ4v) is 1.42. The number of aromatic nitrogens is 1. The molecule has 0 spiro atoms. The molecule has 1 rings (SSSR count). The molecular formula is C10H13ClN2O2. The maximum absolute atomic E-state index is 11.9. The Kier molecular flexibility index (Phi) is 4.52. The first-order valence-electron chi connectivity index (χ1n) is 4.70. The predicted octanol–water partition coefficient (Wildman–Crippen LogP) is 1.19. The molecule has 1 heterocycles. The number of hydrogen-bond donors (Lipinski definition) is 1. The summed E-state index contributed by atoms with van der Waals surface area (Å²) in [6.45, 7) is 2.63. The average molecular weight is 229 g/mol. The van der Waals surface area contributed by atoms with Crippen LogP contribution in [-0.2, 0) is 0 Å². The van der Waals surface area contributed by atoms with Crippen LogP contribution in [0.5, 0.6) is 0 Å². The number of aliphatic hydroxyl groups excluding tert-OH is 1. The third kappa shape index (κ3) is 2.91. The average Bonchev–Trinajstić information content (AvgIpc) is 2.25. The highest BCUT2D eigenvalue weighted by Crippen LogP contribution is 2.15. The lowest BCUT2D eigenvalue weighted by atomic mass is 10.2. The maximum atomic E-state index is 11.9. The van der Waals surface area contributed by atoms with Crippen molar-refractivity contribution >= 4 is 17.5 Å². The molecule has 1 amide bonds. The molecule has 0 radical (unpaired) electrons. The molecule has 0 aromatic carbocycles. The van der Waals surface area contributed by atoms with E-state index in [1.807, 2.05) is 6.92 Å². The normalized spacial score (nSPS) is 10.1. The van der Waals surface area contributed by atoms with E-state index < -0.39 is 0 Å². The molecule has 15 heavy (non-hydrogen) atoms. The van der Waals surface area contributed by atoms with Gasteiger partial charge in [0.15, 0.2) is 0 Å². The Labute approximate surface area is 93.5 Å². The van der Waals surface area contributed by atoms with E-state index in [-0.39, 0.29) is 12.5 Å². The van der Waals surface area contributed by atoms with Gasteiger partial charge in [-0.2, -0.15) is 0 Å². The first-order chi connectivity index (χ1) is 7.20. The minimum absolute atomic E-state index is 0.0581. The van der Waals surface area contributed by atoms with Gasteiger partial charge >= 0.3 is 0 Å². The van der Waals surface area contributed by atoms with Crippen molar-refractivity contribution in [1.29, 1.82) is 0 Å². The Morgan fingerprint density at radius 3 is 2.93 bits per heavy atom. The van der Waals surface area contributed by atoms with Gasteiger partial charge in [-0.3, -0.25) is 9.78 Å². The molecule has 1 aromatic rings. The van der Waals surface area contributed by atoms with Gasteiger partial charge in [0.25, 0.3) is 5.91 Å². The lowest BCUT2D eigenvalue weighted by molar-refractivity contribution is 0.0731. The number of halogens is 1. The molecule has 1 aromatic heterocycles. The van der Waals surface area contributed by atoms with Crippen LogP contribution < -0.4 is 0 Å². The van der Waals surface area contributed by atoms with Crippen molar-refractivity contribution in [2.75, 3.05) is 19.7 Å². The minimum Gasteiger partial charge on any atom is -0.395 e. The minimum atomic E-state index is -0.204. The number of aliphatic hydroxyl groups is 1. The molecule has 0 saturated carbocycles. The zero-order chi connectivity index (χ0) is 11.3. The standard InChI is InChI=1S/C10H13ClN2O2/c1-2-13(5-6-14)10(15)8-7-12-4-3-9(8)11/h3-4,7,14H,2,5-6H2,1H3. The zero-order valence-electron chi connectivity index (χ0n) is 8.48. The summed E-state index contributed by atoms with van der Waals surface area (Å²) < 4.78 is 0. The van der Waals surface area contributed by atoms with Gasteiger partial charge in [0.05, 0.1) is 17.2 Å². The fourth-order valence-electron chi connectivity index (χ4n) is 1.23. The van der Waals surface area contributed by atoms with Crippen LogP contribution >= 0.6 is 11.6 Å². The summed E-state index contributed by atoms with van der Waals surface area (Å²) in [4.78, 5) is 17.2. The Morgan fingerprint density at radius 2 is 2.40 bits per heavy atom. The summed E-state index contributed by atoms with van der Waals surface area (Å²) in [5, 5.41) is 9.17. The molecule has 0 bridgehead atoms. The van der Waals surface area contributed by atoms with Crippen LogP contribution in [0.2, 0.25) is 5.02 Å². The lowest BCUT2D eigenvalue weighted by Crippen LogP contribution is -2.33. The van der Waals surface area contributed by atoms with Gasteiger partial charge in [0.1, 0.15) is 0 Å². The Balaban J connectivity index is 2.88. The molecule has 0 atom stereocenters. The van der Waals surface area contributed by atoms with Gasteiger partial charge < -0.3 is 10.0 Å². The molecule has 0 aliphatic rings. The van der Waals surface area contributed by atoms with E-state index in [0.29, 0.717) is 23.7 Å². The van der Waals surface area contributed by atoms with Crippen molar-refractivity contribution in [3.8, 4) is 0 Å².